The lowest BCUT2D eigenvalue weighted by molar-refractivity contribution is 0.210. The summed E-state index contributed by atoms with van der Waals surface area (Å²) in [5.41, 5.74) is 0. The van der Waals surface area contributed by atoms with Gasteiger partial charge in [0.2, 0.25) is 0 Å². The first-order chi connectivity index (χ1) is 8.19. The second-order valence-electron chi connectivity index (χ2n) is 4.37. The summed E-state index contributed by atoms with van der Waals surface area (Å²) in [5.74, 6) is 0.959. The van der Waals surface area contributed by atoms with E-state index in [0.717, 1.165) is 23.1 Å². The molecule has 2 aromatic rings. The Morgan fingerprint density at radius 1 is 1.12 bits per heavy atom. The normalized spacial score (nSPS) is 12.6. The van der Waals surface area contributed by atoms with Gasteiger partial charge < -0.3 is 4.74 Å². The molecule has 1 unspecified atom stereocenters. The standard InChI is InChI=1S/C15H17BrO/c1-3-4-11(2)17-15-8-6-12-9-14(16)7-5-13(12)10-15/h5-11H,3-4H2,1-2H3. The molecule has 0 fully saturated rings. The molecule has 1 nitrogen and oxygen atoms in total. The zero-order valence-corrected chi connectivity index (χ0v) is 11.8. The molecule has 0 aliphatic rings. The maximum absolute atomic E-state index is 5.88. The highest BCUT2D eigenvalue weighted by atomic mass is 79.9. The van der Waals surface area contributed by atoms with Gasteiger partial charge in [-0.2, -0.15) is 0 Å². The minimum Gasteiger partial charge on any atom is -0.491 e. The van der Waals surface area contributed by atoms with Crippen molar-refractivity contribution in [2.45, 2.75) is 32.8 Å². The van der Waals surface area contributed by atoms with E-state index < -0.39 is 0 Å². The molecule has 0 saturated carbocycles. The topological polar surface area (TPSA) is 9.23 Å². The van der Waals surface area contributed by atoms with Crippen LogP contribution in [0.4, 0.5) is 0 Å². The predicted molar refractivity (Wildman–Crippen MR) is 76.6 cm³/mol. The first-order valence-corrected chi connectivity index (χ1v) is 6.84. The summed E-state index contributed by atoms with van der Waals surface area (Å²) in [5, 5.41) is 2.45. The lowest BCUT2D eigenvalue weighted by atomic mass is 10.1. The molecule has 0 aliphatic heterocycles. The Hall–Kier alpha value is -1.02. The van der Waals surface area contributed by atoms with Crippen molar-refractivity contribution < 1.29 is 4.74 Å². The van der Waals surface area contributed by atoms with Crippen LogP contribution in [0.3, 0.4) is 0 Å². The van der Waals surface area contributed by atoms with Gasteiger partial charge in [-0.1, -0.05) is 41.4 Å². The van der Waals surface area contributed by atoms with Crippen LogP contribution in [0.25, 0.3) is 10.8 Å². The second-order valence-corrected chi connectivity index (χ2v) is 5.29. The summed E-state index contributed by atoms with van der Waals surface area (Å²) in [6.45, 7) is 4.30. The molecular formula is C15H17BrO. The summed E-state index contributed by atoms with van der Waals surface area (Å²) >= 11 is 3.48. The van der Waals surface area contributed by atoms with Gasteiger partial charge in [-0.25, -0.2) is 0 Å². The molecular weight excluding hydrogens is 276 g/mol. The Morgan fingerprint density at radius 3 is 2.59 bits per heavy atom. The Morgan fingerprint density at radius 2 is 1.82 bits per heavy atom. The smallest absolute Gasteiger partial charge is 0.120 e. The first-order valence-electron chi connectivity index (χ1n) is 6.05. The Bertz CT molecular complexity index is 507. The number of halogens is 1. The third-order valence-electron chi connectivity index (χ3n) is 2.81. The Kier molecular flexibility index (Phi) is 4.06. The number of benzene rings is 2. The van der Waals surface area contributed by atoms with Gasteiger partial charge in [-0.3, -0.25) is 0 Å². The lowest BCUT2D eigenvalue weighted by Crippen LogP contribution is -2.10. The molecule has 0 amide bonds. The van der Waals surface area contributed by atoms with Crippen molar-refractivity contribution in [1.29, 1.82) is 0 Å². The quantitative estimate of drug-likeness (QED) is 0.755. The third-order valence-corrected chi connectivity index (χ3v) is 3.30. The van der Waals surface area contributed by atoms with E-state index in [2.05, 4.69) is 60.1 Å². The fourth-order valence-corrected chi connectivity index (χ4v) is 2.34. The maximum Gasteiger partial charge on any atom is 0.120 e. The fourth-order valence-electron chi connectivity index (χ4n) is 1.97. The van der Waals surface area contributed by atoms with Crippen LogP contribution in [0, 0.1) is 0 Å². The van der Waals surface area contributed by atoms with Crippen LogP contribution < -0.4 is 4.74 Å². The zero-order chi connectivity index (χ0) is 12.3. The minimum absolute atomic E-state index is 0.285. The number of hydrogen-bond acceptors (Lipinski definition) is 1. The van der Waals surface area contributed by atoms with Gasteiger partial charge in [0.1, 0.15) is 5.75 Å². The highest BCUT2D eigenvalue weighted by molar-refractivity contribution is 9.10. The number of hydrogen-bond donors (Lipinski definition) is 0. The largest absolute Gasteiger partial charge is 0.491 e. The van der Waals surface area contributed by atoms with Gasteiger partial charge >= 0.3 is 0 Å². The maximum atomic E-state index is 5.88. The average Bonchev–Trinajstić information content (AvgIpc) is 2.29. The van der Waals surface area contributed by atoms with Crippen molar-refractivity contribution in [2.24, 2.45) is 0 Å². The van der Waals surface area contributed by atoms with E-state index in [1.54, 1.807) is 0 Å². The molecule has 1 atom stereocenters. The first kappa shape index (κ1) is 12.4. The molecule has 2 heteroatoms. The molecule has 0 aromatic heterocycles. The van der Waals surface area contributed by atoms with Gasteiger partial charge in [0.15, 0.2) is 0 Å². The summed E-state index contributed by atoms with van der Waals surface area (Å²) < 4.78 is 6.99. The van der Waals surface area contributed by atoms with Gasteiger partial charge in [0, 0.05) is 4.47 Å². The van der Waals surface area contributed by atoms with E-state index in [0.29, 0.717) is 0 Å². The van der Waals surface area contributed by atoms with Crippen molar-refractivity contribution in [3.63, 3.8) is 0 Å². The molecule has 0 bridgehead atoms. The molecule has 0 radical (unpaired) electrons. The summed E-state index contributed by atoms with van der Waals surface area (Å²) in [4.78, 5) is 0. The summed E-state index contributed by atoms with van der Waals surface area (Å²) in [6.07, 6.45) is 2.54. The van der Waals surface area contributed by atoms with Gasteiger partial charge in [0.25, 0.3) is 0 Å². The van der Waals surface area contributed by atoms with Crippen LogP contribution in [0.2, 0.25) is 0 Å². The number of ether oxygens (including phenoxy) is 1. The van der Waals surface area contributed by atoms with Crippen LogP contribution in [0.15, 0.2) is 40.9 Å². The van der Waals surface area contributed by atoms with Crippen molar-refractivity contribution in [2.75, 3.05) is 0 Å². The SMILES string of the molecule is CCCC(C)Oc1ccc2cc(Br)ccc2c1. The number of rotatable bonds is 4. The van der Waals surface area contributed by atoms with E-state index >= 15 is 0 Å². The van der Waals surface area contributed by atoms with Gasteiger partial charge in [-0.15, -0.1) is 0 Å². The molecule has 0 N–H and O–H groups in total. The summed E-state index contributed by atoms with van der Waals surface area (Å²) in [6, 6.07) is 12.5. The second kappa shape index (κ2) is 5.54. The van der Waals surface area contributed by atoms with E-state index in [-0.39, 0.29) is 6.10 Å². The van der Waals surface area contributed by atoms with E-state index in [1.807, 2.05) is 6.07 Å². The molecule has 2 aromatic carbocycles. The molecule has 0 aliphatic carbocycles. The van der Waals surface area contributed by atoms with Crippen molar-refractivity contribution in [1.82, 2.24) is 0 Å². The molecule has 90 valence electrons. The molecule has 17 heavy (non-hydrogen) atoms. The summed E-state index contributed by atoms with van der Waals surface area (Å²) in [7, 11) is 0. The number of fused-ring (bicyclic) bond motifs is 1. The van der Waals surface area contributed by atoms with Crippen LogP contribution in [0.5, 0.6) is 5.75 Å². The highest BCUT2D eigenvalue weighted by Crippen LogP contribution is 2.25. The van der Waals surface area contributed by atoms with Crippen molar-refractivity contribution in [3.05, 3.63) is 40.9 Å². The third kappa shape index (κ3) is 3.22. The van der Waals surface area contributed by atoms with Crippen LogP contribution >= 0.6 is 15.9 Å². The zero-order valence-electron chi connectivity index (χ0n) is 10.2. The Balaban J connectivity index is 2.23. The van der Waals surface area contributed by atoms with Crippen molar-refractivity contribution >= 4 is 26.7 Å². The van der Waals surface area contributed by atoms with Crippen LogP contribution in [0.1, 0.15) is 26.7 Å². The van der Waals surface area contributed by atoms with Crippen LogP contribution in [-0.4, -0.2) is 6.10 Å². The Labute approximate surface area is 111 Å². The lowest BCUT2D eigenvalue weighted by Gasteiger charge is -2.14. The van der Waals surface area contributed by atoms with E-state index in [9.17, 15) is 0 Å². The molecule has 0 spiro atoms. The van der Waals surface area contributed by atoms with Crippen molar-refractivity contribution in [3.8, 4) is 5.75 Å². The monoisotopic (exact) mass is 292 g/mol. The molecule has 0 heterocycles. The van der Waals surface area contributed by atoms with Crippen LogP contribution in [-0.2, 0) is 0 Å². The predicted octanol–water partition coefficient (Wildman–Crippen LogP) is 5.17. The van der Waals surface area contributed by atoms with E-state index in [1.165, 1.54) is 10.8 Å². The van der Waals surface area contributed by atoms with Gasteiger partial charge in [-0.05, 0) is 48.4 Å². The minimum atomic E-state index is 0.285. The van der Waals surface area contributed by atoms with Gasteiger partial charge in [0.05, 0.1) is 6.10 Å². The van der Waals surface area contributed by atoms with E-state index in [4.69, 9.17) is 4.74 Å². The highest BCUT2D eigenvalue weighted by Gasteiger charge is 2.03. The fraction of sp³-hybridized carbons (Fsp3) is 0.333. The molecule has 0 saturated heterocycles. The molecule has 2 rings (SSSR count). The average molecular weight is 293 g/mol.